The number of hydrogen-bond donors (Lipinski definition) is 0. The van der Waals surface area contributed by atoms with Crippen LogP contribution in [-0.4, -0.2) is 37.2 Å². The molecule has 0 aromatic heterocycles. The molecule has 6 nitrogen and oxygen atoms in total. The van der Waals surface area contributed by atoms with Crippen molar-refractivity contribution in [2.24, 2.45) is 0 Å². The Hall–Kier alpha value is -3.67. The number of esters is 3. The van der Waals surface area contributed by atoms with E-state index in [-0.39, 0.29) is 31.1 Å². The summed E-state index contributed by atoms with van der Waals surface area (Å²) in [5.74, 6) is -0.898. The van der Waals surface area contributed by atoms with E-state index >= 15 is 0 Å². The standard InChI is InChI=1S/C71H122O6/c1-4-7-10-13-16-19-22-24-26-27-28-29-30-31-32-33-34-35-36-37-38-39-40-41-42-43-44-45-46-48-49-52-55-58-61-64-70(73)76-67-68(66-75-69(72)63-60-57-54-51-21-18-15-12-9-6-3)77-71(74)65-62-59-56-53-50-47-25-23-20-17-14-11-8-5-2/h7,10,12,14-17,19,23-26,28-29,31-32,68H,4-6,8-9,11,13,18,20-22,27,30,33-67H2,1-3H3/b10-7-,15-12-,17-14-,19-16-,25-23-,26-24-,29-28-,32-31-. The fraction of sp³-hybridized carbons (Fsp3) is 0.732. The average Bonchev–Trinajstić information content (AvgIpc) is 3.43. The highest BCUT2D eigenvalue weighted by Crippen LogP contribution is 2.17. The number of hydrogen-bond acceptors (Lipinski definition) is 6. The van der Waals surface area contributed by atoms with Gasteiger partial charge in [-0.3, -0.25) is 14.4 Å². The second kappa shape index (κ2) is 64.9. The van der Waals surface area contributed by atoms with Crippen molar-refractivity contribution < 1.29 is 28.6 Å². The van der Waals surface area contributed by atoms with Gasteiger partial charge < -0.3 is 14.2 Å². The highest BCUT2D eigenvalue weighted by Gasteiger charge is 2.19. The van der Waals surface area contributed by atoms with Crippen LogP contribution in [0.15, 0.2) is 97.2 Å². The maximum atomic E-state index is 12.8. The van der Waals surface area contributed by atoms with Gasteiger partial charge in [-0.1, -0.05) is 285 Å². The minimum absolute atomic E-state index is 0.0824. The fourth-order valence-corrected chi connectivity index (χ4v) is 9.14. The van der Waals surface area contributed by atoms with Crippen LogP contribution in [0.2, 0.25) is 0 Å². The van der Waals surface area contributed by atoms with Crippen LogP contribution in [-0.2, 0) is 28.6 Å². The van der Waals surface area contributed by atoms with Crippen LogP contribution in [0, 0.1) is 0 Å². The Bertz CT molecular complexity index is 1510. The van der Waals surface area contributed by atoms with Crippen LogP contribution in [0.25, 0.3) is 0 Å². The first kappa shape index (κ1) is 73.3. The van der Waals surface area contributed by atoms with Crippen LogP contribution in [0.4, 0.5) is 0 Å². The Morgan fingerprint density at radius 3 is 0.857 bits per heavy atom. The minimum Gasteiger partial charge on any atom is -0.462 e. The molecule has 0 radical (unpaired) electrons. The molecular formula is C71H122O6. The summed E-state index contributed by atoms with van der Waals surface area (Å²) < 4.78 is 16.8. The number of carbonyl (C=O) groups is 3. The van der Waals surface area contributed by atoms with E-state index < -0.39 is 6.10 Å². The van der Waals surface area contributed by atoms with Crippen LogP contribution in [0.5, 0.6) is 0 Å². The fourth-order valence-electron chi connectivity index (χ4n) is 9.14. The van der Waals surface area contributed by atoms with Crippen LogP contribution in [0.3, 0.4) is 0 Å². The van der Waals surface area contributed by atoms with Crippen molar-refractivity contribution in [2.75, 3.05) is 13.2 Å². The highest BCUT2D eigenvalue weighted by atomic mass is 16.6. The van der Waals surface area contributed by atoms with Crippen molar-refractivity contribution in [3.05, 3.63) is 97.2 Å². The van der Waals surface area contributed by atoms with Crippen LogP contribution in [0.1, 0.15) is 316 Å². The lowest BCUT2D eigenvalue weighted by Gasteiger charge is -2.18. The third-order valence-electron chi connectivity index (χ3n) is 14.0. The number of allylic oxidation sites excluding steroid dienone is 16. The predicted molar refractivity (Wildman–Crippen MR) is 334 cm³/mol. The molecule has 0 amide bonds. The molecule has 0 aliphatic heterocycles. The summed E-state index contributed by atoms with van der Waals surface area (Å²) in [4.78, 5) is 38.1. The lowest BCUT2D eigenvalue weighted by molar-refractivity contribution is -0.167. The highest BCUT2D eigenvalue weighted by molar-refractivity contribution is 5.71. The molecule has 0 saturated carbocycles. The first-order valence-electron chi connectivity index (χ1n) is 32.7. The van der Waals surface area contributed by atoms with Gasteiger partial charge in [-0.25, -0.2) is 0 Å². The molecule has 0 saturated heterocycles. The van der Waals surface area contributed by atoms with Crippen LogP contribution >= 0.6 is 0 Å². The van der Waals surface area contributed by atoms with Gasteiger partial charge in [0.15, 0.2) is 6.10 Å². The molecular weight excluding hydrogens is 949 g/mol. The van der Waals surface area contributed by atoms with E-state index in [0.29, 0.717) is 19.3 Å². The third-order valence-corrected chi connectivity index (χ3v) is 14.0. The van der Waals surface area contributed by atoms with E-state index in [4.69, 9.17) is 14.2 Å². The number of carbonyl (C=O) groups excluding carboxylic acids is 3. The van der Waals surface area contributed by atoms with E-state index in [1.54, 1.807) is 0 Å². The molecule has 0 aliphatic rings. The molecule has 0 N–H and O–H groups in total. The first-order valence-corrected chi connectivity index (χ1v) is 32.7. The Labute approximate surface area is 477 Å². The largest absolute Gasteiger partial charge is 0.462 e. The summed E-state index contributed by atoms with van der Waals surface area (Å²) >= 11 is 0. The van der Waals surface area contributed by atoms with Crippen LogP contribution < -0.4 is 0 Å². The maximum Gasteiger partial charge on any atom is 0.306 e. The second-order valence-electron chi connectivity index (χ2n) is 21.6. The van der Waals surface area contributed by atoms with E-state index in [1.807, 2.05) is 0 Å². The minimum atomic E-state index is -0.785. The molecule has 6 heteroatoms. The Morgan fingerprint density at radius 2 is 0.532 bits per heavy atom. The van der Waals surface area contributed by atoms with E-state index in [0.717, 1.165) is 128 Å². The topological polar surface area (TPSA) is 78.9 Å². The smallest absolute Gasteiger partial charge is 0.306 e. The molecule has 1 unspecified atom stereocenters. The number of unbranched alkanes of at least 4 members (excludes halogenated alkanes) is 32. The lowest BCUT2D eigenvalue weighted by Crippen LogP contribution is -2.30. The molecule has 442 valence electrons. The van der Waals surface area contributed by atoms with Crippen molar-refractivity contribution in [3.8, 4) is 0 Å². The quantitative estimate of drug-likeness (QED) is 0.0261. The molecule has 0 aromatic carbocycles. The lowest BCUT2D eigenvalue weighted by atomic mass is 10.0. The molecule has 77 heavy (non-hydrogen) atoms. The summed E-state index contributed by atoms with van der Waals surface area (Å²) in [5, 5.41) is 0. The SMILES string of the molecule is CC/C=C\C/C=C\C/C=C\C/C=C\C/C=C\CCCCCCCCCCCCCCCCCCCCCC(=O)OCC(COC(=O)CCCCCCC/C=C\CCC)OC(=O)CCCCCCC/C=C\C/C=C\CCCC. The molecule has 0 rings (SSSR count). The normalized spacial score (nSPS) is 12.7. The summed E-state index contributed by atoms with van der Waals surface area (Å²) in [6.07, 6.45) is 87.3. The molecule has 0 aliphatic carbocycles. The van der Waals surface area contributed by atoms with Crippen molar-refractivity contribution in [3.63, 3.8) is 0 Å². The molecule has 1 atom stereocenters. The van der Waals surface area contributed by atoms with E-state index in [9.17, 15) is 14.4 Å². The van der Waals surface area contributed by atoms with Gasteiger partial charge in [-0.05, 0) is 109 Å². The summed E-state index contributed by atoms with van der Waals surface area (Å²) in [7, 11) is 0. The number of rotatable bonds is 59. The zero-order valence-corrected chi connectivity index (χ0v) is 50.7. The molecule has 0 spiro atoms. The first-order chi connectivity index (χ1) is 38.0. The third kappa shape index (κ3) is 63.0. The Morgan fingerprint density at radius 1 is 0.273 bits per heavy atom. The van der Waals surface area contributed by atoms with Crippen molar-refractivity contribution in [2.45, 2.75) is 322 Å². The zero-order valence-electron chi connectivity index (χ0n) is 50.7. The van der Waals surface area contributed by atoms with Crippen molar-refractivity contribution >= 4 is 17.9 Å². The van der Waals surface area contributed by atoms with Crippen molar-refractivity contribution in [1.82, 2.24) is 0 Å². The maximum absolute atomic E-state index is 12.8. The van der Waals surface area contributed by atoms with Gasteiger partial charge in [0.05, 0.1) is 0 Å². The molecule has 0 aromatic rings. The second-order valence-corrected chi connectivity index (χ2v) is 21.6. The zero-order chi connectivity index (χ0) is 55.7. The van der Waals surface area contributed by atoms with Gasteiger partial charge in [0, 0.05) is 19.3 Å². The summed E-state index contributed by atoms with van der Waals surface area (Å²) in [5.41, 5.74) is 0. The van der Waals surface area contributed by atoms with Gasteiger partial charge in [-0.2, -0.15) is 0 Å². The van der Waals surface area contributed by atoms with Crippen molar-refractivity contribution in [1.29, 1.82) is 0 Å². The summed E-state index contributed by atoms with van der Waals surface area (Å²) in [6.45, 7) is 6.42. The molecule has 0 fully saturated rings. The number of ether oxygens (including phenoxy) is 3. The molecule has 0 heterocycles. The van der Waals surface area contributed by atoms with Gasteiger partial charge in [0.2, 0.25) is 0 Å². The average molecular weight is 1070 g/mol. The predicted octanol–water partition coefficient (Wildman–Crippen LogP) is 22.4. The summed E-state index contributed by atoms with van der Waals surface area (Å²) in [6, 6.07) is 0. The Balaban J connectivity index is 4.05. The monoisotopic (exact) mass is 1070 g/mol. The van der Waals surface area contributed by atoms with E-state index in [1.165, 1.54) is 148 Å². The van der Waals surface area contributed by atoms with Gasteiger partial charge in [0.1, 0.15) is 13.2 Å². The Kier molecular flexibility index (Phi) is 61.8. The van der Waals surface area contributed by atoms with Gasteiger partial charge >= 0.3 is 17.9 Å². The van der Waals surface area contributed by atoms with Gasteiger partial charge in [-0.15, -0.1) is 0 Å². The molecule has 0 bridgehead atoms. The van der Waals surface area contributed by atoms with E-state index in [2.05, 4.69) is 118 Å². The van der Waals surface area contributed by atoms with Gasteiger partial charge in [0.25, 0.3) is 0 Å².